The first kappa shape index (κ1) is 12.4. The van der Waals surface area contributed by atoms with Gasteiger partial charge < -0.3 is 15.3 Å². The molecule has 0 bridgehead atoms. The SMILES string of the molecule is CNc1ccc(CCN2CCC(O)CC2)cc1. The Hall–Kier alpha value is -1.06. The van der Waals surface area contributed by atoms with Gasteiger partial charge in [-0.1, -0.05) is 12.1 Å². The van der Waals surface area contributed by atoms with Crippen LogP contribution in [0.1, 0.15) is 18.4 Å². The van der Waals surface area contributed by atoms with Gasteiger partial charge in [-0.15, -0.1) is 0 Å². The average molecular weight is 234 g/mol. The number of nitrogens with zero attached hydrogens (tertiary/aromatic N) is 1. The van der Waals surface area contributed by atoms with Gasteiger partial charge in [-0.3, -0.25) is 0 Å². The third-order valence-electron chi connectivity index (χ3n) is 3.52. The zero-order valence-electron chi connectivity index (χ0n) is 10.5. The van der Waals surface area contributed by atoms with Crippen LogP contribution in [-0.2, 0) is 6.42 Å². The number of hydrogen-bond acceptors (Lipinski definition) is 3. The fraction of sp³-hybridized carbons (Fsp3) is 0.571. The van der Waals surface area contributed by atoms with Crippen LogP contribution in [0.25, 0.3) is 0 Å². The predicted octanol–water partition coefficient (Wildman–Crippen LogP) is 1.73. The Labute approximate surface area is 103 Å². The molecule has 17 heavy (non-hydrogen) atoms. The summed E-state index contributed by atoms with van der Waals surface area (Å²) < 4.78 is 0. The summed E-state index contributed by atoms with van der Waals surface area (Å²) in [6, 6.07) is 8.61. The Morgan fingerprint density at radius 1 is 1.24 bits per heavy atom. The van der Waals surface area contributed by atoms with Gasteiger partial charge in [-0.2, -0.15) is 0 Å². The summed E-state index contributed by atoms with van der Waals surface area (Å²) in [5.74, 6) is 0. The first-order valence-electron chi connectivity index (χ1n) is 6.45. The van der Waals surface area contributed by atoms with E-state index in [4.69, 9.17) is 0 Å². The topological polar surface area (TPSA) is 35.5 Å². The Balaban J connectivity index is 1.77. The third kappa shape index (κ3) is 3.72. The highest BCUT2D eigenvalue weighted by Crippen LogP contribution is 2.12. The zero-order chi connectivity index (χ0) is 12.1. The Morgan fingerprint density at radius 2 is 1.88 bits per heavy atom. The van der Waals surface area contributed by atoms with Crippen molar-refractivity contribution in [3.05, 3.63) is 29.8 Å². The molecule has 0 aliphatic carbocycles. The van der Waals surface area contributed by atoms with Crippen molar-refractivity contribution in [1.82, 2.24) is 4.90 Å². The maximum absolute atomic E-state index is 9.44. The normalized spacial score (nSPS) is 18.2. The number of rotatable bonds is 4. The number of aliphatic hydroxyl groups excluding tert-OH is 1. The quantitative estimate of drug-likeness (QED) is 0.833. The summed E-state index contributed by atoms with van der Waals surface area (Å²) in [4.78, 5) is 2.44. The van der Waals surface area contributed by atoms with Gasteiger partial charge in [-0.05, 0) is 37.0 Å². The number of hydrogen-bond donors (Lipinski definition) is 2. The number of piperidine rings is 1. The van der Waals surface area contributed by atoms with Crippen LogP contribution in [0.3, 0.4) is 0 Å². The van der Waals surface area contributed by atoms with Crippen molar-refractivity contribution in [1.29, 1.82) is 0 Å². The van der Waals surface area contributed by atoms with Gasteiger partial charge in [0.15, 0.2) is 0 Å². The summed E-state index contributed by atoms with van der Waals surface area (Å²) in [5, 5.41) is 12.6. The number of anilines is 1. The molecule has 0 spiro atoms. The van der Waals surface area contributed by atoms with Crippen LogP contribution >= 0.6 is 0 Å². The Kier molecular flexibility index (Phi) is 4.40. The van der Waals surface area contributed by atoms with Gasteiger partial charge in [0.1, 0.15) is 0 Å². The van der Waals surface area contributed by atoms with Crippen molar-refractivity contribution in [2.45, 2.75) is 25.4 Å². The summed E-state index contributed by atoms with van der Waals surface area (Å²) in [6.07, 6.45) is 2.89. The van der Waals surface area contributed by atoms with Crippen LogP contribution in [-0.4, -0.2) is 42.8 Å². The van der Waals surface area contributed by atoms with Crippen LogP contribution < -0.4 is 5.32 Å². The van der Waals surface area contributed by atoms with Gasteiger partial charge in [0.2, 0.25) is 0 Å². The van der Waals surface area contributed by atoms with Crippen molar-refractivity contribution < 1.29 is 5.11 Å². The molecule has 1 aliphatic rings. The molecule has 0 unspecified atom stereocenters. The molecule has 1 aromatic rings. The molecule has 0 amide bonds. The minimum absolute atomic E-state index is 0.0684. The third-order valence-corrected chi connectivity index (χ3v) is 3.52. The smallest absolute Gasteiger partial charge is 0.0564 e. The lowest BCUT2D eigenvalue weighted by Gasteiger charge is -2.29. The molecule has 2 rings (SSSR count). The van der Waals surface area contributed by atoms with E-state index in [1.165, 1.54) is 5.56 Å². The Bertz CT molecular complexity index is 329. The fourth-order valence-electron chi connectivity index (χ4n) is 2.27. The van der Waals surface area contributed by atoms with E-state index >= 15 is 0 Å². The lowest BCUT2D eigenvalue weighted by molar-refractivity contribution is 0.0832. The van der Waals surface area contributed by atoms with Crippen molar-refractivity contribution in [3.8, 4) is 0 Å². The second-order valence-corrected chi connectivity index (χ2v) is 4.77. The number of nitrogens with one attached hydrogen (secondary N) is 1. The van der Waals surface area contributed by atoms with Gasteiger partial charge in [0, 0.05) is 32.4 Å². The van der Waals surface area contributed by atoms with Crippen LogP contribution in [0.2, 0.25) is 0 Å². The molecule has 2 N–H and O–H groups in total. The molecule has 1 heterocycles. The highest BCUT2D eigenvalue weighted by Gasteiger charge is 2.16. The van der Waals surface area contributed by atoms with Crippen molar-refractivity contribution in [2.75, 3.05) is 32.0 Å². The van der Waals surface area contributed by atoms with Crippen LogP contribution in [0.5, 0.6) is 0 Å². The molecule has 1 saturated heterocycles. The number of aliphatic hydroxyl groups is 1. The van der Waals surface area contributed by atoms with Crippen molar-refractivity contribution in [2.24, 2.45) is 0 Å². The van der Waals surface area contributed by atoms with Crippen molar-refractivity contribution in [3.63, 3.8) is 0 Å². The molecule has 0 atom stereocenters. The van der Waals surface area contributed by atoms with Gasteiger partial charge in [-0.25, -0.2) is 0 Å². The summed E-state index contributed by atoms with van der Waals surface area (Å²) in [7, 11) is 1.94. The molecule has 0 saturated carbocycles. The first-order valence-corrected chi connectivity index (χ1v) is 6.45. The van der Waals surface area contributed by atoms with Gasteiger partial charge in [0.25, 0.3) is 0 Å². The van der Waals surface area contributed by atoms with E-state index in [9.17, 15) is 5.11 Å². The van der Waals surface area contributed by atoms with Crippen molar-refractivity contribution >= 4 is 5.69 Å². The maximum atomic E-state index is 9.44. The summed E-state index contributed by atoms with van der Waals surface area (Å²) >= 11 is 0. The fourth-order valence-corrected chi connectivity index (χ4v) is 2.27. The second kappa shape index (κ2) is 6.03. The molecular weight excluding hydrogens is 212 g/mol. The zero-order valence-corrected chi connectivity index (χ0v) is 10.5. The largest absolute Gasteiger partial charge is 0.393 e. The predicted molar refractivity (Wildman–Crippen MR) is 71.4 cm³/mol. The molecular formula is C14H22N2O. The monoisotopic (exact) mass is 234 g/mol. The molecule has 3 heteroatoms. The first-order chi connectivity index (χ1) is 8.28. The van der Waals surface area contributed by atoms with E-state index in [0.717, 1.165) is 44.6 Å². The highest BCUT2D eigenvalue weighted by atomic mass is 16.3. The molecule has 1 aliphatic heterocycles. The van der Waals surface area contributed by atoms with Crippen LogP contribution in [0.4, 0.5) is 5.69 Å². The van der Waals surface area contributed by atoms with E-state index < -0.39 is 0 Å². The Morgan fingerprint density at radius 3 is 2.47 bits per heavy atom. The molecule has 94 valence electrons. The van der Waals surface area contributed by atoms with E-state index in [2.05, 4.69) is 34.5 Å². The van der Waals surface area contributed by atoms with Gasteiger partial charge >= 0.3 is 0 Å². The molecule has 1 aromatic carbocycles. The van der Waals surface area contributed by atoms with E-state index in [1.54, 1.807) is 0 Å². The maximum Gasteiger partial charge on any atom is 0.0564 e. The minimum atomic E-state index is -0.0684. The average Bonchev–Trinajstić information content (AvgIpc) is 2.39. The van der Waals surface area contributed by atoms with E-state index in [1.807, 2.05) is 7.05 Å². The molecule has 3 nitrogen and oxygen atoms in total. The molecule has 0 radical (unpaired) electrons. The van der Waals surface area contributed by atoms with E-state index in [-0.39, 0.29) is 6.10 Å². The molecule has 1 fully saturated rings. The highest BCUT2D eigenvalue weighted by molar-refractivity contribution is 5.43. The standard InChI is InChI=1S/C14H22N2O/c1-15-13-4-2-12(3-5-13)6-9-16-10-7-14(17)8-11-16/h2-5,14-15,17H,6-11H2,1H3. The second-order valence-electron chi connectivity index (χ2n) is 4.77. The lowest BCUT2D eigenvalue weighted by Crippen LogP contribution is -2.37. The molecule has 0 aromatic heterocycles. The summed E-state index contributed by atoms with van der Waals surface area (Å²) in [5.41, 5.74) is 2.55. The number of benzene rings is 1. The van der Waals surface area contributed by atoms with Crippen LogP contribution in [0.15, 0.2) is 24.3 Å². The summed E-state index contributed by atoms with van der Waals surface area (Å²) in [6.45, 7) is 3.18. The van der Waals surface area contributed by atoms with E-state index in [0.29, 0.717) is 0 Å². The van der Waals surface area contributed by atoms with Gasteiger partial charge in [0.05, 0.1) is 6.10 Å². The lowest BCUT2D eigenvalue weighted by atomic mass is 10.1. The number of likely N-dealkylation sites (tertiary alicyclic amines) is 1. The minimum Gasteiger partial charge on any atom is -0.393 e. The van der Waals surface area contributed by atoms with Crippen LogP contribution in [0, 0.1) is 0 Å².